The van der Waals surface area contributed by atoms with Crippen molar-refractivity contribution >= 4 is 23.2 Å². The minimum Gasteiger partial charge on any atom is -0.497 e. The van der Waals surface area contributed by atoms with Crippen molar-refractivity contribution in [3.05, 3.63) is 85.8 Å². The summed E-state index contributed by atoms with van der Waals surface area (Å²) in [7, 11) is 3.20. The van der Waals surface area contributed by atoms with E-state index in [1.807, 2.05) is 23.6 Å². The zero-order chi connectivity index (χ0) is 19.6. The first-order valence-electron chi connectivity index (χ1n) is 8.32. The fourth-order valence-corrected chi connectivity index (χ4v) is 3.51. The normalized spacial score (nSPS) is 10.7. The van der Waals surface area contributed by atoms with Gasteiger partial charge in [-0.2, -0.15) is 0 Å². The van der Waals surface area contributed by atoms with Crippen LogP contribution in [0.2, 0.25) is 10.0 Å². The van der Waals surface area contributed by atoms with Gasteiger partial charge in [-0.3, -0.25) is 4.79 Å². The van der Waals surface area contributed by atoms with Crippen LogP contribution in [0.5, 0.6) is 11.5 Å². The summed E-state index contributed by atoms with van der Waals surface area (Å²) in [4.78, 5) is 12.5. The van der Waals surface area contributed by atoms with Crippen LogP contribution in [0.25, 0.3) is 5.69 Å². The number of rotatable bonds is 5. The SMILES string of the molecule is COc1cc(OC)cc(-n2ccc(=O)c(Cc3c(Cl)cccc3Cl)c2C)c1. The van der Waals surface area contributed by atoms with E-state index in [-0.39, 0.29) is 5.43 Å². The zero-order valence-corrected chi connectivity index (χ0v) is 16.8. The Hall–Kier alpha value is -2.43. The molecule has 0 spiro atoms. The molecule has 1 aromatic heterocycles. The lowest BCUT2D eigenvalue weighted by atomic mass is 10.0. The summed E-state index contributed by atoms with van der Waals surface area (Å²) in [5.41, 5.74) is 2.94. The van der Waals surface area contributed by atoms with E-state index in [1.165, 1.54) is 0 Å². The lowest BCUT2D eigenvalue weighted by Gasteiger charge is -2.17. The van der Waals surface area contributed by atoms with Crippen LogP contribution in [0.3, 0.4) is 0 Å². The second-order valence-corrected chi connectivity index (χ2v) is 6.88. The van der Waals surface area contributed by atoms with Crippen molar-refractivity contribution < 1.29 is 9.47 Å². The Bertz CT molecular complexity index is 1000. The molecule has 1 heterocycles. The highest BCUT2D eigenvalue weighted by Crippen LogP contribution is 2.29. The number of methoxy groups -OCH3 is 2. The molecule has 3 rings (SSSR count). The van der Waals surface area contributed by atoms with Gasteiger partial charge >= 0.3 is 0 Å². The van der Waals surface area contributed by atoms with E-state index in [0.717, 1.165) is 16.9 Å². The maximum absolute atomic E-state index is 12.5. The van der Waals surface area contributed by atoms with E-state index in [1.54, 1.807) is 50.7 Å². The molecule has 0 unspecified atom stereocenters. The van der Waals surface area contributed by atoms with Gasteiger partial charge in [0.15, 0.2) is 5.43 Å². The van der Waals surface area contributed by atoms with Crippen LogP contribution in [0.4, 0.5) is 0 Å². The maximum atomic E-state index is 12.5. The molecule has 27 heavy (non-hydrogen) atoms. The lowest BCUT2D eigenvalue weighted by molar-refractivity contribution is 0.394. The molecule has 0 atom stereocenters. The molecule has 0 amide bonds. The first kappa shape index (κ1) is 19.3. The van der Waals surface area contributed by atoms with Crippen molar-refractivity contribution in [1.82, 2.24) is 4.57 Å². The molecular weight excluding hydrogens is 385 g/mol. The number of pyridine rings is 1. The molecule has 0 aliphatic heterocycles. The molecule has 0 saturated carbocycles. The summed E-state index contributed by atoms with van der Waals surface area (Å²) in [6.45, 7) is 1.90. The fourth-order valence-electron chi connectivity index (χ4n) is 2.98. The number of hydrogen-bond donors (Lipinski definition) is 0. The van der Waals surface area contributed by atoms with Gasteiger partial charge in [0.05, 0.1) is 19.9 Å². The van der Waals surface area contributed by atoms with Gasteiger partial charge in [-0.15, -0.1) is 0 Å². The van der Waals surface area contributed by atoms with Crippen molar-refractivity contribution in [3.8, 4) is 17.2 Å². The minimum absolute atomic E-state index is 0.0606. The lowest BCUT2D eigenvalue weighted by Crippen LogP contribution is -2.16. The van der Waals surface area contributed by atoms with Crippen LogP contribution < -0.4 is 14.9 Å². The van der Waals surface area contributed by atoms with Crippen molar-refractivity contribution in [3.63, 3.8) is 0 Å². The van der Waals surface area contributed by atoms with Crippen LogP contribution >= 0.6 is 23.2 Å². The molecule has 4 nitrogen and oxygen atoms in total. The highest BCUT2D eigenvalue weighted by atomic mass is 35.5. The van der Waals surface area contributed by atoms with Gasteiger partial charge in [0.2, 0.25) is 0 Å². The van der Waals surface area contributed by atoms with Crippen LogP contribution in [0.15, 0.2) is 53.5 Å². The summed E-state index contributed by atoms with van der Waals surface area (Å²) in [6.07, 6.45) is 2.09. The number of aromatic nitrogens is 1. The topological polar surface area (TPSA) is 40.5 Å². The molecule has 0 bridgehead atoms. The van der Waals surface area contributed by atoms with Gasteiger partial charge < -0.3 is 14.0 Å². The van der Waals surface area contributed by atoms with Crippen LogP contribution in [0.1, 0.15) is 16.8 Å². The van der Waals surface area contributed by atoms with Crippen molar-refractivity contribution in [2.45, 2.75) is 13.3 Å². The van der Waals surface area contributed by atoms with Crippen molar-refractivity contribution in [2.24, 2.45) is 0 Å². The Morgan fingerprint density at radius 1 is 0.926 bits per heavy atom. The molecular formula is C21H19Cl2NO3. The van der Waals surface area contributed by atoms with E-state index >= 15 is 0 Å². The van der Waals surface area contributed by atoms with E-state index in [9.17, 15) is 4.79 Å². The standard InChI is InChI=1S/C21H19Cl2NO3/c1-13-17(12-18-19(22)5-4-6-20(18)23)21(25)7-8-24(13)14-9-15(26-2)11-16(10-14)27-3/h4-11H,12H2,1-3H3. The molecule has 6 heteroatoms. The summed E-state index contributed by atoms with van der Waals surface area (Å²) in [5.74, 6) is 1.33. The smallest absolute Gasteiger partial charge is 0.185 e. The number of ether oxygens (including phenoxy) is 2. The van der Waals surface area contributed by atoms with E-state index in [2.05, 4.69) is 0 Å². The predicted octanol–water partition coefficient (Wildman–Crippen LogP) is 5.06. The first-order chi connectivity index (χ1) is 12.9. The molecule has 0 aliphatic rings. The van der Waals surface area contributed by atoms with Crippen LogP contribution in [-0.4, -0.2) is 18.8 Å². The monoisotopic (exact) mass is 403 g/mol. The summed E-state index contributed by atoms with van der Waals surface area (Å²) in [6, 6.07) is 12.4. The number of nitrogens with zero attached hydrogens (tertiary/aromatic N) is 1. The van der Waals surface area contributed by atoms with Crippen LogP contribution in [-0.2, 0) is 6.42 Å². The predicted molar refractivity (Wildman–Crippen MR) is 109 cm³/mol. The number of hydrogen-bond acceptors (Lipinski definition) is 3. The van der Waals surface area contributed by atoms with Gasteiger partial charge in [0, 0.05) is 58.2 Å². The number of benzene rings is 2. The highest BCUT2D eigenvalue weighted by Gasteiger charge is 2.14. The Kier molecular flexibility index (Phi) is 5.78. The molecule has 0 radical (unpaired) electrons. The van der Waals surface area contributed by atoms with Gasteiger partial charge in [0.25, 0.3) is 0 Å². The highest BCUT2D eigenvalue weighted by molar-refractivity contribution is 6.36. The van der Waals surface area contributed by atoms with E-state index in [4.69, 9.17) is 32.7 Å². The third kappa shape index (κ3) is 3.97. The quantitative estimate of drug-likeness (QED) is 0.597. The fraction of sp³-hybridized carbons (Fsp3) is 0.190. The van der Waals surface area contributed by atoms with Gasteiger partial charge in [-0.25, -0.2) is 0 Å². The van der Waals surface area contributed by atoms with Gasteiger partial charge in [-0.05, 0) is 24.6 Å². The van der Waals surface area contributed by atoms with E-state index < -0.39 is 0 Å². The van der Waals surface area contributed by atoms with Crippen molar-refractivity contribution in [2.75, 3.05) is 14.2 Å². The molecule has 0 saturated heterocycles. The summed E-state index contributed by atoms with van der Waals surface area (Å²) >= 11 is 12.6. The molecule has 0 fully saturated rings. The number of halogens is 2. The van der Waals surface area contributed by atoms with Crippen LogP contribution in [0, 0.1) is 6.92 Å². The third-order valence-corrected chi connectivity index (χ3v) is 5.21. The Morgan fingerprint density at radius 3 is 2.07 bits per heavy atom. The minimum atomic E-state index is -0.0606. The molecule has 140 valence electrons. The average molecular weight is 404 g/mol. The molecule has 2 aromatic carbocycles. The zero-order valence-electron chi connectivity index (χ0n) is 15.3. The van der Waals surface area contributed by atoms with Gasteiger partial charge in [0.1, 0.15) is 11.5 Å². The molecule has 0 aliphatic carbocycles. The first-order valence-corrected chi connectivity index (χ1v) is 9.07. The summed E-state index contributed by atoms with van der Waals surface area (Å²) in [5, 5.41) is 1.08. The Balaban J connectivity index is 2.13. The van der Waals surface area contributed by atoms with Crippen molar-refractivity contribution in [1.29, 1.82) is 0 Å². The largest absolute Gasteiger partial charge is 0.497 e. The average Bonchev–Trinajstić information content (AvgIpc) is 2.66. The Labute approximate surface area is 167 Å². The van der Waals surface area contributed by atoms with E-state index in [0.29, 0.717) is 33.5 Å². The summed E-state index contributed by atoms with van der Waals surface area (Å²) < 4.78 is 12.6. The second-order valence-electron chi connectivity index (χ2n) is 6.06. The third-order valence-electron chi connectivity index (χ3n) is 4.50. The molecule has 0 N–H and O–H groups in total. The second kappa shape index (κ2) is 8.07. The van der Waals surface area contributed by atoms with Gasteiger partial charge in [-0.1, -0.05) is 29.3 Å². The maximum Gasteiger partial charge on any atom is 0.185 e. The Morgan fingerprint density at radius 2 is 1.52 bits per heavy atom. The molecule has 3 aromatic rings.